The summed E-state index contributed by atoms with van der Waals surface area (Å²) < 4.78 is 6.84. The van der Waals surface area contributed by atoms with Crippen LogP contribution in [0.5, 0.6) is 0 Å². The molecule has 0 aliphatic carbocycles. The van der Waals surface area contributed by atoms with Crippen LogP contribution in [0.3, 0.4) is 0 Å². The van der Waals surface area contributed by atoms with Gasteiger partial charge in [0.2, 0.25) is 0 Å². The van der Waals surface area contributed by atoms with Gasteiger partial charge in [-0.25, -0.2) is 0 Å². The molecule has 0 saturated carbocycles. The zero-order chi connectivity index (χ0) is 17.2. The van der Waals surface area contributed by atoms with E-state index in [2.05, 4.69) is 54.3 Å². The minimum atomic E-state index is -1.48. The quantitative estimate of drug-likeness (QED) is 0.252. The van der Waals surface area contributed by atoms with E-state index in [0.717, 1.165) is 0 Å². The van der Waals surface area contributed by atoms with E-state index in [1.807, 2.05) is 0 Å². The van der Waals surface area contributed by atoms with Crippen molar-refractivity contribution in [2.45, 2.75) is 98.6 Å². The van der Waals surface area contributed by atoms with Crippen LogP contribution in [0.1, 0.15) is 73.1 Å². The molecule has 0 bridgehead atoms. The minimum Gasteiger partial charge on any atom is -0.385 e. The molecule has 1 nitrogen and oxygen atoms in total. The molecule has 0 saturated heterocycles. The first-order valence-electron chi connectivity index (χ1n) is 9.76. The molecular weight excluding hydrogens is 303 g/mol. The molecule has 0 spiro atoms. The molecule has 1 atom stereocenters. The van der Waals surface area contributed by atoms with E-state index in [9.17, 15) is 0 Å². The maximum absolute atomic E-state index is 6.84. The molecular formula is C19H44OPSi+. The Morgan fingerprint density at radius 3 is 1.36 bits per heavy atom. The summed E-state index contributed by atoms with van der Waals surface area (Å²) in [6.45, 7) is 19.0. The van der Waals surface area contributed by atoms with E-state index in [-0.39, 0.29) is 0 Å². The Kier molecular flexibility index (Phi) is 11.5. The van der Waals surface area contributed by atoms with Crippen molar-refractivity contribution in [3.05, 3.63) is 0 Å². The summed E-state index contributed by atoms with van der Waals surface area (Å²) in [6.07, 6.45) is 12.6. The Morgan fingerprint density at radius 2 is 1.14 bits per heavy atom. The Balaban J connectivity index is 5.45. The number of hydrogen-bond donors (Lipinski definition) is 0. The van der Waals surface area contributed by atoms with Gasteiger partial charge in [0.15, 0.2) is 14.2 Å². The SMILES string of the molecule is CCCC[P+](CCCC)(CCCC)C(O[Si](C)(C)C)C(C)C. The molecule has 0 rings (SSSR count). The lowest BCUT2D eigenvalue weighted by atomic mass is 10.2. The van der Waals surface area contributed by atoms with Gasteiger partial charge in [0.1, 0.15) is 0 Å². The van der Waals surface area contributed by atoms with Gasteiger partial charge < -0.3 is 4.43 Å². The van der Waals surface area contributed by atoms with E-state index in [0.29, 0.717) is 11.8 Å². The van der Waals surface area contributed by atoms with Crippen LogP contribution in [0.25, 0.3) is 0 Å². The zero-order valence-electron chi connectivity index (χ0n) is 16.9. The van der Waals surface area contributed by atoms with Crippen molar-refractivity contribution in [2.75, 3.05) is 18.5 Å². The molecule has 0 amide bonds. The Hall–Kier alpha value is 0.607. The van der Waals surface area contributed by atoms with Gasteiger partial charge in [-0.3, -0.25) is 0 Å². The minimum absolute atomic E-state index is 0.559. The van der Waals surface area contributed by atoms with Crippen molar-refractivity contribution in [3.8, 4) is 0 Å². The van der Waals surface area contributed by atoms with Crippen molar-refractivity contribution < 1.29 is 4.43 Å². The maximum atomic E-state index is 6.84. The van der Waals surface area contributed by atoms with E-state index in [1.54, 1.807) is 0 Å². The van der Waals surface area contributed by atoms with Crippen molar-refractivity contribution >= 4 is 15.6 Å². The van der Waals surface area contributed by atoms with Crippen LogP contribution in [0.2, 0.25) is 19.6 Å². The molecule has 0 aromatic carbocycles. The monoisotopic (exact) mass is 347 g/mol. The predicted molar refractivity (Wildman–Crippen MR) is 109 cm³/mol. The summed E-state index contributed by atoms with van der Waals surface area (Å²) in [5.74, 6) is 1.23. The summed E-state index contributed by atoms with van der Waals surface area (Å²) in [7, 11) is -2.48. The van der Waals surface area contributed by atoms with E-state index >= 15 is 0 Å². The lowest BCUT2D eigenvalue weighted by Crippen LogP contribution is -2.38. The molecule has 0 radical (unpaired) electrons. The first kappa shape index (κ1) is 22.6. The molecule has 0 aromatic rings. The van der Waals surface area contributed by atoms with Gasteiger partial charge in [-0.2, -0.15) is 0 Å². The average Bonchev–Trinajstić information content (AvgIpc) is 2.43. The van der Waals surface area contributed by atoms with Crippen LogP contribution in [0.4, 0.5) is 0 Å². The first-order valence-corrected chi connectivity index (χ1v) is 15.6. The summed E-state index contributed by atoms with van der Waals surface area (Å²) in [4.78, 5) is 0. The second-order valence-corrected chi connectivity index (χ2v) is 17.1. The van der Waals surface area contributed by atoms with E-state index in [1.165, 1.54) is 57.0 Å². The smallest absolute Gasteiger partial charge is 0.188 e. The van der Waals surface area contributed by atoms with Gasteiger partial charge in [-0.1, -0.05) is 53.9 Å². The molecule has 1 unspecified atom stereocenters. The van der Waals surface area contributed by atoms with Gasteiger partial charge >= 0.3 is 0 Å². The highest BCUT2D eigenvalue weighted by atomic mass is 31.2. The van der Waals surface area contributed by atoms with Crippen LogP contribution in [0.15, 0.2) is 0 Å². The fraction of sp³-hybridized carbons (Fsp3) is 1.00. The summed E-state index contributed by atoms with van der Waals surface area (Å²) in [5.41, 5.74) is 0. The Bertz CT molecular complexity index is 251. The van der Waals surface area contributed by atoms with Crippen molar-refractivity contribution in [1.29, 1.82) is 0 Å². The summed E-state index contributed by atoms with van der Waals surface area (Å²) in [6, 6.07) is 0. The molecule has 134 valence electrons. The van der Waals surface area contributed by atoms with Crippen LogP contribution < -0.4 is 0 Å². The first-order chi connectivity index (χ1) is 10.2. The lowest BCUT2D eigenvalue weighted by Gasteiger charge is -2.40. The second kappa shape index (κ2) is 11.2. The zero-order valence-corrected chi connectivity index (χ0v) is 18.8. The van der Waals surface area contributed by atoms with Crippen molar-refractivity contribution in [1.82, 2.24) is 0 Å². The topological polar surface area (TPSA) is 9.23 Å². The number of unbranched alkanes of at least 4 members (excludes halogenated alkanes) is 3. The van der Waals surface area contributed by atoms with Crippen LogP contribution in [0, 0.1) is 5.92 Å². The molecule has 0 fully saturated rings. The fourth-order valence-electron chi connectivity index (χ4n) is 3.38. The number of hydrogen-bond acceptors (Lipinski definition) is 1. The summed E-state index contributed by atoms with van der Waals surface area (Å²) >= 11 is 0. The highest BCUT2D eigenvalue weighted by Gasteiger charge is 2.47. The standard InChI is InChI=1S/C19H44OPSi/c1-9-12-15-21(16-13-10-2,17-14-11-3)19(18(4)5)20-22(6,7)8/h18-19H,9-17H2,1-8H3/q+1. The fourth-order valence-corrected chi connectivity index (χ4v) is 11.8. The third kappa shape index (κ3) is 8.46. The third-order valence-electron chi connectivity index (χ3n) is 4.46. The van der Waals surface area contributed by atoms with Gasteiger partial charge in [0.05, 0.1) is 18.5 Å². The Labute approximate surface area is 143 Å². The second-order valence-electron chi connectivity index (χ2n) is 8.31. The molecule has 3 heteroatoms. The lowest BCUT2D eigenvalue weighted by molar-refractivity contribution is 0.219. The highest BCUT2D eigenvalue weighted by Crippen LogP contribution is 2.67. The summed E-state index contributed by atoms with van der Waals surface area (Å²) in [5, 5.41) is 0. The molecule has 0 aromatic heterocycles. The largest absolute Gasteiger partial charge is 0.385 e. The van der Waals surface area contributed by atoms with Gasteiger partial charge in [-0.15, -0.1) is 0 Å². The molecule has 0 heterocycles. The number of rotatable bonds is 13. The third-order valence-corrected chi connectivity index (χ3v) is 11.0. The van der Waals surface area contributed by atoms with Crippen molar-refractivity contribution in [2.24, 2.45) is 5.92 Å². The van der Waals surface area contributed by atoms with Crippen LogP contribution >= 0.6 is 7.26 Å². The van der Waals surface area contributed by atoms with E-state index < -0.39 is 15.6 Å². The van der Waals surface area contributed by atoms with Gasteiger partial charge in [0, 0.05) is 13.2 Å². The van der Waals surface area contributed by atoms with Gasteiger partial charge in [0.25, 0.3) is 0 Å². The molecule has 0 aliphatic heterocycles. The van der Waals surface area contributed by atoms with E-state index in [4.69, 9.17) is 4.43 Å². The molecule has 0 aliphatic rings. The maximum Gasteiger partial charge on any atom is 0.188 e. The predicted octanol–water partition coefficient (Wildman–Crippen LogP) is 7.24. The highest BCUT2D eigenvalue weighted by molar-refractivity contribution is 7.76. The molecule has 0 N–H and O–H groups in total. The molecule has 22 heavy (non-hydrogen) atoms. The van der Waals surface area contributed by atoms with Crippen molar-refractivity contribution in [3.63, 3.8) is 0 Å². The normalized spacial score (nSPS) is 14.6. The Morgan fingerprint density at radius 1 is 0.773 bits per heavy atom. The van der Waals surface area contributed by atoms with Crippen LogP contribution in [-0.4, -0.2) is 32.6 Å². The van der Waals surface area contributed by atoms with Crippen LogP contribution in [-0.2, 0) is 4.43 Å². The average molecular weight is 348 g/mol. The van der Waals surface area contributed by atoms with Gasteiger partial charge in [-0.05, 0) is 38.9 Å².